The normalized spacial score (nSPS) is 11.2. The van der Waals surface area contributed by atoms with Gasteiger partial charge in [0.2, 0.25) is 0 Å². The largest absolute Gasteiger partial charge is 0.208 e. The lowest BCUT2D eigenvalue weighted by Gasteiger charge is -2.18. The second-order valence-corrected chi connectivity index (χ2v) is 12.4. The Morgan fingerprint density at radius 2 is 0.560 bits per heavy atom. The van der Waals surface area contributed by atoms with Crippen LogP contribution in [0.15, 0.2) is 188 Å². The van der Waals surface area contributed by atoms with Gasteiger partial charge >= 0.3 is 0 Å². The average molecular weight is 638 g/mol. The van der Waals surface area contributed by atoms with Crippen molar-refractivity contribution < 1.29 is 0 Å². The van der Waals surface area contributed by atoms with E-state index in [-0.39, 0.29) is 0 Å². The van der Waals surface area contributed by atoms with Crippen LogP contribution in [0.5, 0.6) is 0 Å². The second kappa shape index (κ2) is 12.7. The summed E-state index contributed by atoms with van der Waals surface area (Å²) in [4.78, 5) is 15.1. The van der Waals surface area contributed by atoms with Crippen molar-refractivity contribution in [2.24, 2.45) is 0 Å². The third kappa shape index (κ3) is 5.51. The lowest BCUT2D eigenvalue weighted by molar-refractivity contribution is 1.07. The third-order valence-electron chi connectivity index (χ3n) is 9.26. The smallest absolute Gasteiger partial charge is 0.164 e. The summed E-state index contributed by atoms with van der Waals surface area (Å²) >= 11 is 0. The molecule has 0 saturated heterocycles. The number of hydrogen-bond acceptors (Lipinski definition) is 3. The van der Waals surface area contributed by atoms with E-state index in [0.717, 1.165) is 33.2 Å². The molecule has 0 fully saturated rings. The third-order valence-corrected chi connectivity index (χ3v) is 9.26. The minimum absolute atomic E-state index is 0.639. The minimum atomic E-state index is 0.639. The summed E-state index contributed by atoms with van der Waals surface area (Å²) in [5, 5.41) is 4.75. The van der Waals surface area contributed by atoms with Crippen molar-refractivity contribution in [2.75, 3.05) is 0 Å². The van der Waals surface area contributed by atoms with E-state index in [1.165, 1.54) is 38.4 Å². The fourth-order valence-electron chi connectivity index (χ4n) is 6.88. The number of hydrogen-bond donors (Lipinski definition) is 0. The van der Waals surface area contributed by atoms with E-state index in [0.29, 0.717) is 17.5 Å². The topological polar surface area (TPSA) is 38.7 Å². The van der Waals surface area contributed by atoms with Crippen molar-refractivity contribution in [1.29, 1.82) is 0 Å². The van der Waals surface area contributed by atoms with Crippen LogP contribution in [0.3, 0.4) is 0 Å². The zero-order valence-corrected chi connectivity index (χ0v) is 27.2. The quantitative estimate of drug-likeness (QED) is 0.170. The SMILES string of the molecule is c1ccc(-c2cc(-c3ccccc3)c3c(ccc4cc(-c5nc(-c6ccccc6)nc(-c6ccccc6)n5)cc(-c5ccccc5)c43)c2)cc1. The molecule has 0 aliphatic heterocycles. The van der Waals surface area contributed by atoms with Crippen molar-refractivity contribution in [1.82, 2.24) is 15.0 Å². The number of benzene rings is 8. The van der Waals surface area contributed by atoms with Gasteiger partial charge in [-0.2, -0.15) is 0 Å². The monoisotopic (exact) mass is 637 g/mol. The number of aromatic nitrogens is 3. The molecular weight excluding hydrogens is 607 g/mol. The summed E-state index contributed by atoms with van der Waals surface area (Å²) in [7, 11) is 0. The lowest BCUT2D eigenvalue weighted by atomic mass is 9.86. The molecular formula is C47H31N3. The highest BCUT2D eigenvalue weighted by Gasteiger charge is 2.18. The first-order chi connectivity index (χ1) is 24.8. The second-order valence-electron chi connectivity index (χ2n) is 12.4. The van der Waals surface area contributed by atoms with E-state index in [4.69, 9.17) is 15.0 Å². The number of nitrogens with zero attached hydrogens (tertiary/aromatic N) is 3. The first-order valence-corrected chi connectivity index (χ1v) is 16.9. The van der Waals surface area contributed by atoms with Gasteiger partial charge in [0.25, 0.3) is 0 Å². The summed E-state index contributed by atoms with van der Waals surface area (Å²) in [6.07, 6.45) is 0. The van der Waals surface area contributed by atoms with Gasteiger partial charge in [-0.25, -0.2) is 15.0 Å². The molecule has 1 heterocycles. The first kappa shape index (κ1) is 29.4. The van der Waals surface area contributed by atoms with Crippen LogP contribution in [-0.4, -0.2) is 15.0 Å². The summed E-state index contributed by atoms with van der Waals surface area (Å²) < 4.78 is 0. The average Bonchev–Trinajstić information content (AvgIpc) is 3.21. The first-order valence-electron chi connectivity index (χ1n) is 16.9. The van der Waals surface area contributed by atoms with E-state index in [1.807, 2.05) is 60.7 Å². The molecule has 0 saturated carbocycles. The molecule has 0 N–H and O–H groups in total. The van der Waals surface area contributed by atoms with Crippen molar-refractivity contribution >= 4 is 21.5 Å². The van der Waals surface area contributed by atoms with Gasteiger partial charge in [0.1, 0.15) is 0 Å². The van der Waals surface area contributed by atoms with E-state index in [2.05, 4.69) is 127 Å². The standard InChI is InChI=1S/C47H31N3/c1-6-16-32(17-7-1)39-28-37-26-27-38-29-40(47-49-45(35-22-12-4-13-23-35)48-46(50-47)36-24-14-5-15-25-36)31-42(34-20-10-3-11-21-34)44(38)43(37)41(30-39)33-18-8-2-9-19-33/h1-31H. The molecule has 9 aromatic rings. The van der Waals surface area contributed by atoms with Gasteiger partial charge in [-0.15, -0.1) is 0 Å². The molecule has 50 heavy (non-hydrogen) atoms. The Balaban J connectivity index is 1.35. The highest BCUT2D eigenvalue weighted by molar-refractivity contribution is 6.21. The maximum Gasteiger partial charge on any atom is 0.164 e. The van der Waals surface area contributed by atoms with Crippen LogP contribution < -0.4 is 0 Å². The molecule has 9 rings (SSSR count). The van der Waals surface area contributed by atoms with E-state index >= 15 is 0 Å². The zero-order valence-electron chi connectivity index (χ0n) is 27.2. The minimum Gasteiger partial charge on any atom is -0.208 e. The Morgan fingerprint density at radius 1 is 0.240 bits per heavy atom. The van der Waals surface area contributed by atoms with Crippen molar-refractivity contribution in [3.63, 3.8) is 0 Å². The van der Waals surface area contributed by atoms with Crippen LogP contribution in [0.1, 0.15) is 0 Å². The van der Waals surface area contributed by atoms with Crippen molar-refractivity contribution in [2.45, 2.75) is 0 Å². The molecule has 3 nitrogen and oxygen atoms in total. The van der Waals surface area contributed by atoms with E-state index < -0.39 is 0 Å². The zero-order chi connectivity index (χ0) is 33.3. The van der Waals surface area contributed by atoms with Crippen LogP contribution >= 0.6 is 0 Å². The molecule has 234 valence electrons. The molecule has 0 aliphatic carbocycles. The van der Waals surface area contributed by atoms with E-state index in [1.54, 1.807) is 0 Å². The molecule has 0 unspecified atom stereocenters. The Hall–Kier alpha value is -6.71. The Kier molecular flexibility index (Phi) is 7.49. The molecule has 8 aromatic carbocycles. The Bertz CT molecular complexity index is 2550. The van der Waals surface area contributed by atoms with Gasteiger partial charge in [-0.1, -0.05) is 164 Å². The molecule has 1 aromatic heterocycles. The van der Waals surface area contributed by atoms with Crippen LogP contribution in [0, 0.1) is 0 Å². The summed E-state index contributed by atoms with van der Waals surface area (Å²) in [5.41, 5.74) is 9.89. The van der Waals surface area contributed by atoms with Gasteiger partial charge in [0.05, 0.1) is 0 Å². The molecule has 0 bridgehead atoms. The van der Waals surface area contributed by atoms with Gasteiger partial charge in [-0.05, 0) is 79.2 Å². The molecule has 0 spiro atoms. The molecule has 0 aliphatic rings. The number of rotatable bonds is 6. The summed E-state index contributed by atoms with van der Waals surface area (Å²) in [6, 6.07) is 66.0. The number of fused-ring (bicyclic) bond motifs is 3. The van der Waals surface area contributed by atoms with Crippen LogP contribution in [0.2, 0.25) is 0 Å². The predicted octanol–water partition coefficient (Wildman–Crippen LogP) is 12.2. The van der Waals surface area contributed by atoms with Crippen molar-refractivity contribution in [3.05, 3.63) is 188 Å². The van der Waals surface area contributed by atoms with Gasteiger partial charge in [-0.3, -0.25) is 0 Å². The van der Waals surface area contributed by atoms with Crippen molar-refractivity contribution in [3.8, 4) is 67.5 Å². The van der Waals surface area contributed by atoms with Gasteiger partial charge < -0.3 is 0 Å². The summed E-state index contributed by atoms with van der Waals surface area (Å²) in [5.74, 6) is 1.93. The predicted molar refractivity (Wildman–Crippen MR) is 207 cm³/mol. The fourth-order valence-corrected chi connectivity index (χ4v) is 6.88. The van der Waals surface area contributed by atoms with Crippen LogP contribution in [0.25, 0.3) is 89.1 Å². The molecule has 3 heteroatoms. The molecule has 0 amide bonds. The van der Waals surface area contributed by atoms with Gasteiger partial charge in [0.15, 0.2) is 17.5 Å². The van der Waals surface area contributed by atoms with Crippen LogP contribution in [-0.2, 0) is 0 Å². The highest BCUT2D eigenvalue weighted by Crippen LogP contribution is 2.43. The molecule has 0 radical (unpaired) electrons. The molecule has 0 atom stereocenters. The Labute approximate surface area is 291 Å². The maximum absolute atomic E-state index is 5.09. The summed E-state index contributed by atoms with van der Waals surface area (Å²) in [6.45, 7) is 0. The van der Waals surface area contributed by atoms with E-state index in [9.17, 15) is 0 Å². The lowest BCUT2D eigenvalue weighted by Crippen LogP contribution is -2.00. The van der Waals surface area contributed by atoms with Gasteiger partial charge in [0, 0.05) is 16.7 Å². The Morgan fingerprint density at radius 3 is 0.980 bits per heavy atom. The maximum atomic E-state index is 5.09. The fraction of sp³-hybridized carbons (Fsp3) is 0. The van der Waals surface area contributed by atoms with Crippen LogP contribution in [0.4, 0.5) is 0 Å². The highest BCUT2D eigenvalue weighted by atomic mass is 15.0.